The van der Waals surface area contributed by atoms with Gasteiger partial charge in [-0.15, -0.1) is 0 Å². The Labute approximate surface area is 111 Å². The summed E-state index contributed by atoms with van der Waals surface area (Å²) < 4.78 is 10.7. The number of aliphatic carboxylic acids is 1. The van der Waals surface area contributed by atoms with Crippen LogP contribution in [0.3, 0.4) is 0 Å². The molecule has 0 amide bonds. The third kappa shape index (κ3) is 3.98. The van der Waals surface area contributed by atoms with Gasteiger partial charge in [0.05, 0.1) is 20.1 Å². The number of ether oxygens (including phenoxy) is 2. The molecule has 1 unspecified atom stereocenters. The highest BCUT2D eigenvalue weighted by Crippen LogP contribution is 2.17. The van der Waals surface area contributed by atoms with E-state index >= 15 is 0 Å². The average Bonchev–Trinajstić information content (AvgIpc) is 2.85. The molecule has 0 aliphatic carbocycles. The molecule has 1 aromatic carbocycles. The molecule has 1 N–H and O–H groups in total. The molecule has 2 rings (SSSR count). The topological polar surface area (TPSA) is 68.1 Å². The first-order chi connectivity index (χ1) is 9.17. The van der Waals surface area contributed by atoms with Crippen LogP contribution in [0.15, 0.2) is 29.3 Å². The van der Waals surface area contributed by atoms with E-state index in [1.165, 1.54) is 0 Å². The Kier molecular flexibility index (Phi) is 4.39. The predicted molar refractivity (Wildman–Crippen MR) is 70.7 cm³/mol. The van der Waals surface area contributed by atoms with Crippen LogP contribution in [0.2, 0.25) is 0 Å². The van der Waals surface area contributed by atoms with Crippen molar-refractivity contribution in [3.8, 4) is 5.75 Å². The van der Waals surface area contributed by atoms with Gasteiger partial charge < -0.3 is 14.6 Å². The Bertz CT molecular complexity index is 467. The maximum absolute atomic E-state index is 10.5. The van der Waals surface area contributed by atoms with Crippen molar-refractivity contribution in [2.75, 3.05) is 13.7 Å². The zero-order valence-corrected chi connectivity index (χ0v) is 10.8. The first kappa shape index (κ1) is 13.4. The number of aliphatic imine (C=N–C) groups is 1. The van der Waals surface area contributed by atoms with Crippen LogP contribution in [-0.2, 0) is 16.0 Å². The summed E-state index contributed by atoms with van der Waals surface area (Å²) in [6, 6.07) is 7.82. The Hall–Kier alpha value is -2.04. The number of carboxylic acids is 1. The molecule has 0 fully saturated rings. The van der Waals surface area contributed by atoms with E-state index in [0.717, 1.165) is 17.7 Å². The quantitative estimate of drug-likeness (QED) is 0.851. The Morgan fingerprint density at radius 1 is 1.47 bits per heavy atom. The predicted octanol–water partition coefficient (Wildman–Crippen LogP) is 1.90. The summed E-state index contributed by atoms with van der Waals surface area (Å²) >= 11 is 0. The van der Waals surface area contributed by atoms with Gasteiger partial charge in [-0.2, -0.15) is 0 Å². The van der Waals surface area contributed by atoms with Crippen molar-refractivity contribution in [3.63, 3.8) is 0 Å². The van der Waals surface area contributed by atoms with Crippen molar-refractivity contribution in [2.45, 2.75) is 25.4 Å². The summed E-state index contributed by atoms with van der Waals surface area (Å²) in [7, 11) is 1.64. The number of carboxylic acid groups (broad SMARTS) is 1. The monoisotopic (exact) mass is 263 g/mol. The van der Waals surface area contributed by atoms with Crippen LogP contribution in [0, 0.1) is 0 Å². The highest BCUT2D eigenvalue weighted by atomic mass is 16.5. The van der Waals surface area contributed by atoms with Crippen molar-refractivity contribution < 1.29 is 19.4 Å². The molecule has 0 spiro atoms. The highest BCUT2D eigenvalue weighted by molar-refractivity contribution is 5.81. The molecule has 0 saturated carbocycles. The number of hydrogen-bond donors (Lipinski definition) is 1. The van der Waals surface area contributed by atoms with Crippen molar-refractivity contribution in [3.05, 3.63) is 29.8 Å². The molecule has 1 atom stereocenters. The molecule has 1 aliphatic heterocycles. The maximum Gasteiger partial charge on any atom is 0.303 e. The molecule has 5 nitrogen and oxygen atoms in total. The SMILES string of the molecule is COc1ccc(CC2CN=C(CCC(=O)O)O2)cc1. The third-order valence-electron chi connectivity index (χ3n) is 2.95. The van der Waals surface area contributed by atoms with Crippen LogP contribution >= 0.6 is 0 Å². The van der Waals surface area contributed by atoms with E-state index in [1.807, 2.05) is 24.3 Å². The minimum absolute atomic E-state index is 0.0113. The largest absolute Gasteiger partial charge is 0.497 e. The lowest BCUT2D eigenvalue weighted by Gasteiger charge is -2.11. The van der Waals surface area contributed by atoms with Gasteiger partial charge in [-0.3, -0.25) is 9.79 Å². The smallest absolute Gasteiger partial charge is 0.303 e. The molecule has 0 bridgehead atoms. The first-order valence-corrected chi connectivity index (χ1v) is 6.22. The summed E-state index contributed by atoms with van der Waals surface area (Å²) in [4.78, 5) is 14.7. The summed E-state index contributed by atoms with van der Waals surface area (Å²) in [6.45, 7) is 0.598. The van der Waals surface area contributed by atoms with E-state index < -0.39 is 5.97 Å². The highest BCUT2D eigenvalue weighted by Gasteiger charge is 2.20. The van der Waals surface area contributed by atoms with Gasteiger partial charge in [0.15, 0.2) is 5.90 Å². The Morgan fingerprint density at radius 3 is 2.84 bits per heavy atom. The van der Waals surface area contributed by atoms with Gasteiger partial charge in [-0.25, -0.2) is 0 Å². The molecule has 1 aromatic rings. The van der Waals surface area contributed by atoms with Crippen molar-refractivity contribution in [1.29, 1.82) is 0 Å². The van der Waals surface area contributed by atoms with Gasteiger partial charge in [0.1, 0.15) is 11.9 Å². The van der Waals surface area contributed by atoms with Gasteiger partial charge in [0, 0.05) is 12.8 Å². The fraction of sp³-hybridized carbons (Fsp3) is 0.429. The number of carbonyl (C=O) groups is 1. The molecule has 19 heavy (non-hydrogen) atoms. The Balaban J connectivity index is 1.80. The zero-order chi connectivity index (χ0) is 13.7. The minimum Gasteiger partial charge on any atom is -0.497 e. The third-order valence-corrected chi connectivity index (χ3v) is 2.95. The van der Waals surface area contributed by atoms with Gasteiger partial charge in [0.25, 0.3) is 0 Å². The van der Waals surface area contributed by atoms with Crippen molar-refractivity contribution in [2.24, 2.45) is 4.99 Å². The van der Waals surface area contributed by atoms with Gasteiger partial charge in [-0.1, -0.05) is 12.1 Å². The lowest BCUT2D eigenvalue weighted by Crippen LogP contribution is -2.16. The van der Waals surface area contributed by atoms with Gasteiger partial charge >= 0.3 is 5.97 Å². The van der Waals surface area contributed by atoms with E-state index in [1.54, 1.807) is 7.11 Å². The fourth-order valence-corrected chi connectivity index (χ4v) is 1.95. The van der Waals surface area contributed by atoms with E-state index in [4.69, 9.17) is 14.6 Å². The standard InChI is InChI=1S/C14H17NO4/c1-18-11-4-2-10(3-5-11)8-12-9-15-13(19-12)6-7-14(16)17/h2-5,12H,6-9H2,1H3,(H,16,17). The van der Waals surface area contributed by atoms with Crippen molar-refractivity contribution >= 4 is 11.9 Å². The van der Waals surface area contributed by atoms with Crippen LogP contribution in [-0.4, -0.2) is 36.7 Å². The molecule has 0 saturated heterocycles. The zero-order valence-electron chi connectivity index (χ0n) is 10.8. The minimum atomic E-state index is -0.829. The molecule has 1 aliphatic rings. The van der Waals surface area contributed by atoms with Crippen LogP contribution in [0.4, 0.5) is 0 Å². The maximum atomic E-state index is 10.5. The van der Waals surface area contributed by atoms with Crippen LogP contribution in [0.5, 0.6) is 5.75 Å². The second-order valence-electron chi connectivity index (χ2n) is 4.42. The summed E-state index contributed by atoms with van der Waals surface area (Å²) in [6.07, 6.45) is 1.21. The van der Waals surface area contributed by atoms with Crippen molar-refractivity contribution in [1.82, 2.24) is 0 Å². The van der Waals surface area contributed by atoms with E-state index in [-0.39, 0.29) is 12.5 Å². The number of benzene rings is 1. The lowest BCUT2D eigenvalue weighted by molar-refractivity contribution is -0.136. The van der Waals surface area contributed by atoms with Crippen LogP contribution in [0.1, 0.15) is 18.4 Å². The number of rotatable bonds is 6. The number of nitrogens with zero attached hydrogens (tertiary/aromatic N) is 1. The molecular weight excluding hydrogens is 246 g/mol. The summed E-state index contributed by atoms with van der Waals surface area (Å²) in [5.41, 5.74) is 1.15. The normalized spacial score (nSPS) is 17.7. The first-order valence-electron chi connectivity index (χ1n) is 6.22. The molecule has 0 radical (unpaired) electrons. The average molecular weight is 263 g/mol. The van der Waals surface area contributed by atoms with Crippen LogP contribution in [0.25, 0.3) is 0 Å². The van der Waals surface area contributed by atoms with Gasteiger partial charge in [-0.05, 0) is 17.7 Å². The molecule has 102 valence electrons. The molecule has 0 aromatic heterocycles. The number of methoxy groups -OCH3 is 1. The van der Waals surface area contributed by atoms with E-state index in [9.17, 15) is 4.79 Å². The molecule has 5 heteroatoms. The molecular formula is C14H17NO4. The summed E-state index contributed by atoms with van der Waals surface area (Å²) in [5, 5.41) is 8.60. The van der Waals surface area contributed by atoms with E-state index in [2.05, 4.69) is 4.99 Å². The Morgan fingerprint density at radius 2 is 2.21 bits per heavy atom. The molecule has 1 heterocycles. The summed E-state index contributed by atoms with van der Waals surface area (Å²) in [5.74, 6) is 0.556. The fourth-order valence-electron chi connectivity index (χ4n) is 1.95. The second-order valence-corrected chi connectivity index (χ2v) is 4.42. The van der Waals surface area contributed by atoms with Crippen LogP contribution < -0.4 is 4.74 Å². The van der Waals surface area contributed by atoms with Gasteiger partial charge in [0.2, 0.25) is 0 Å². The lowest BCUT2D eigenvalue weighted by atomic mass is 10.1. The number of hydrogen-bond acceptors (Lipinski definition) is 4. The van der Waals surface area contributed by atoms with E-state index in [0.29, 0.717) is 18.9 Å². The second kappa shape index (κ2) is 6.22.